The van der Waals surface area contributed by atoms with Gasteiger partial charge in [-0.3, -0.25) is 14.5 Å². The fourth-order valence-corrected chi connectivity index (χ4v) is 3.56. The van der Waals surface area contributed by atoms with Gasteiger partial charge in [0.15, 0.2) is 0 Å². The van der Waals surface area contributed by atoms with Gasteiger partial charge in [0.1, 0.15) is 5.65 Å². The average molecular weight is 417 g/mol. The van der Waals surface area contributed by atoms with Crippen LogP contribution in [-0.4, -0.2) is 19.3 Å². The summed E-state index contributed by atoms with van der Waals surface area (Å²) in [7, 11) is 0. The van der Waals surface area contributed by atoms with Crippen LogP contribution in [0.3, 0.4) is 0 Å². The molecule has 134 valence electrons. The van der Waals surface area contributed by atoms with Crippen LogP contribution < -0.4 is 0 Å². The molecular formula is C18H10Cl2N4O2S. The molecule has 0 saturated heterocycles. The van der Waals surface area contributed by atoms with Crippen molar-refractivity contribution in [1.29, 1.82) is 0 Å². The largest absolute Gasteiger partial charge is 0.339 e. The van der Waals surface area contributed by atoms with E-state index in [0.717, 1.165) is 28.0 Å². The normalized spacial score (nSPS) is 11.0. The maximum atomic E-state index is 10.8. The van der Waals surface area contributed by atoms with Gasteiger partial charge in [-0.2, -0.15) is 0 Å². The maximum Gasteiger partial charge on any atom is 0.269 e. The highest BCUT2D eigenvalue weighted by Crippen LogP contribution is 2.31. The van der Waals surface area contributed by atoms with Gasteiger partial charge in [0.05, 0.1) is 10.6 Å². The summed E-state index contributed by atoms with van der Waals surface area (Å²) in [5, 5.41) is 11.9. The number of non-ortho nitro benzene ring substituents is 1. The molecule has 0 aliphatic rings. The number of nitro groups is 1. The van der Waals surface area contributed by atoms with E-state index in [-0.39, 0.29) is 5.69 Å². The lowest BCUT2D eigenvalue weighted by Gasteiger charge is -2.05. The average Bonchev–Trinajstić information content (AvgIpc) is 3.07. The number of nitrogens with one attached hydrogen (secondary N) is 1. The third-order valence-corrected chi connectivity index (χ3v) is 4.82. The van der Waals surface area contributed by atoms with E-state index in [4.69, 9.17) is 35.4 Å². The zero-order chi connectivity index (χ0) is 19.1. The maximum absolute atomic E-state index is 10.8. The van der Waals surface area contributed by atoms with E-state index in [0.29, 0.717) is 14.8 Å². The number of nitro benzene ring substituents is 1. The molecule has 9 heteroatoms. The summed E-state index contributed by atoms with van der Waals surface area (Å²) in [6.07, 6.45) is 3.47. The number of aromatic nitrogens is 3. The molecule has 0 aliphatic heterocycles. The van der Waals surface area contributed by atoms with Crippen molar-refractivity contribution >= 4 is 46.8 Å². The minimum Gasteiger partial charge on any atom is -0.339 e. The molecule has 2 aromatic carbocycles. The van der Waals surface area contributed by atoms with E-state index in [1.807, 2.05) is 6.20 Å². The molecule has 0 bridgehead atoms. The van der Waals surface area contributed by atoms with Gasteiger partial charge in [0.25, 0.3) is 5.69 Å². The van der Waals surface area contributed by atoms with Crippen molar-refractivity contribution in [2.75, 3.05) is 0 Å². The highest BCUT2D eigenvalue weighted by molar-refractivity contribution is 7.71. The minimum absolute atomic E-state index is 0.0300. The van der Waals surface area contributed by atoms with Gasteiger partial charge < -0.3 is 4.98 Å². The van der Waals surface area contributed by atoms with Crippen molar-refractivity contribution in [2.45, 2.75) is 0 Å². The van der Waals surface area contributed by atoms with Gasteiger partial charge in [0, 0.05) is 40.1 Å². The Balaban J connectivity index is 1.90. The van der Waals surface area contributed by atoms with Crippen molar-refractivity contribution < 1.29 is 4.92 Å². The fourth-order valence-electron chi connectivity index (χ4n) is 2.83. The van der Waals surface area contributed by atoms with Crippen LogP contribution in [0.2, 0.25) is 10.0 Å². The molecule has 27 heavy (non-hydrogen) atoms. The molecule has 1 N–H and O–H groups in total. The zero-order valence-corrected chi connectivity index (χ0v) is 15.8. The molecule has 0 saturated carbocycles. The second-order valence-corrected chi connectivity index (χ2v) is 7.04. The first-order valence-corrected chi connectivity index (χ1v) is 8.90. The smallest absolute Gasteiger partial charge is 0.269 e. The van der Waals surface area contributed by atoms with Crippen molar-refractivity contribution in [3.63, 3.8) is 0 Å². The van der Waals surface area contributed by atoms with Crippen LogP contribution in [0.1, 0.15) is 0 Å². The van der Waals surface area contributed by atoms with Crippen LogP contribution >= 0.6 is 35.4 Å². The number of benzene rings is 2. The van der Waals surface area contributed by atoms with Gasteiger partial charge in [-0.05, 0) is 53.7 Å². The van der Waals surface area contributed by atoms with Crippen LogP contribution in [-0.2, 0) is 0 Å². The van der Waals surface area contributed by atoms with Gasteiger partial charge in [-0.25, -0.2) is 4.98 Å². The van der Waals surface area contributed by atoms with E-state index >= 15 is 0 Å². The molecular weight excluding hydrogens is 407 g/mol. The highest BCUT2D eigenvalue weighted by Gasteiger charge is 2.12. The fraction of sp³-hybridized carbons (Fsp3) is 0. The third-order valence-electron chi connectivity index (χ3n) is 4.08. The molecule has 0 fully saturated rings. The number of fused-ring (bicyclic) bond motifs is 1. The van der Waals surface area contributed by atoms with Gasteiger partial charge >= 0.3 is 0 Å². The first kappa shape index (κ1) is 17.7. The molecule has 4 rings (SSSR count). The van der Waals surface area contributed by atoms with Crippen LogP contribution in [0.4, 0.5) is 5.69 Å². The van der Waals surface area contributed by atoms with Crippen molar-refractivity contribution in [3.8, 4) is 22.4 Å². The van der Waals surface area contributed by atoms with Gasteiger partial charge in [0.2, 0.25) is 4.77 Å². The molecule has 0 spiro atoms. The standard InChI is InChI=1S/C18H10Cl2N4O2S/c19-12-5-11(6-13(20)7-12)15-8-21-18(27)23-9-16(22-17(15)23)10-1-3-14(4-2-10)24(25)26/h1-9,22H. The van der Waals surface area contributed by atoms with E-state index in [2.05, 4.69) is 9.97 Å². The molecule has 0 aliphatic carbocycles. The monoisotopic (exact) mass is 416 g/mol. The van der Waals surface area contributed by atoms with Crippen molar-refractivity contribution in [1.82, 2.24) is 14.4 Å². The highest BCUT2D eigenvalue weighted by atomic mass is 35.5. The van der Waals surface area contributed by atoms with Crippen LogP contribution in [0.15, 0.2) is 54.9 Å². The number of hydrogen-bond acceptors (Lipinski definition) is 4. The molecule has 0 amide bonds. The van der Waals surface area contributed by atoms with Crippen molar-refractivity contribution in [2.24, 2.45) is 0 Å². The lowest BCUT2D eigenvalue weighted by Crippen LogP contribution is -1.92. The summed E-state index contributed by atoms with van der Waals surface area (Å²) in [4.78, 5) is 18.0. The second-order valence-electron chi connectivity index (χ2n) is 5.80. The lowest BCUT2D eigenvalue weighted by atomic mass is 10.1. The Morgan fingerprint density at radius 2 is 1.74 bits per heavy atom. The number of rotatable bonds is 3. The molecule has 0 radical (unpaired) electrons. The van der Waals surface area contributed by atoms with Crippen LogP contribution in [0, 0.1) is 14.9 Å². The number of nitrogens with zero attached hydrogens (tertiary/aromatic N) is 3. The van der Waals surface area contributed by atoms with Crippen LogP contribution in [0.5, 0.6) is 0 Å². The molecule has 2 heterocycles. The first-order valence-electron chi connectivity index (χ1n) is 7.74. The molecule has 0 atom stereocenters. The summed E-state index contributed by atoms with van der Waals surface area (Å²) in [6.45, 7) is 0. The quantitative estimate of drug-likeness (QED) is 0.254. The minimum atomic E-state index is -0.435. The summed E-state index contributed by atoms with van der Waals surface area (Å²) in [5.74, 6) is 0. The number of hydrogen-bond donors (Lipinski definition) is 1. The number of aromatic amines is 1. The number of imidazole rings is 1. The Bertz CT molecular complexity index is 1230. The van der Waals surface area contributed by atoms with Crippen LogP contribution in [0.25, 0.3) is 28.0 Å². The first-order chi connectivity index (χ1) is 12.9. The lowest BCUT2D eigenvalue weighted by molar-refractivity contribution is -0.384. The van der Waals surface area contributed by atoms with Gasteiger partial charge in [-0.15, -0.1) is 0 Å². The molecule has 2 aromatic heterocycles. The van der Waals surface area contributed by atoms with E-state index in [1.54, 1.807) is 40.9 Å². The van der Waals surface area contributed by atoms with Crippen molar-refractivity contribution in [3.05, 3.63) is 79.8 Å². The molecule has 6 nitrogen and oxygen atoms in total. The second kappa shape index (κ2) is 6.77. The topological polar surface area (TPSA) is 76.2 Å². The van der Waals surface area contributed by atoms with E-state index in [1.165, 1.54) is 12.1 Å². The van der Waals surface area contributed by atoms with E-state index in [9.17, 15) is 10.1 Å². The Morgan fingerprint density at radius 1 is 1.07 bits per heavy atom. The summed E-state index contributed by atoms with van der Waals surface area (Å²) in [6, 6.07) is 11.5. The summed E-state index contributed by atoms with van der Waals surface area (Å²) >= 11 is 17.6. The van der Waals surface area contributed by atoms with E-state index < -0.39 is 4.92 Å². The zero-order valence-electron chi connectivity index (χ0n) is 13.5. The molecule has 4 aromatic rings. The molecule has 0 unspecified atom stereocenters. The number of halogens is 2. The summed E-state index contributed by atoms with van der Waals surface area (Å²) in [5.41, 5.74) is 3.86. The SMILES string of the molecule is O=[N+]([O-])c1ccc(-c2cn3c(=S)ncc(-c4cc(Cl)cc(Cl)c4)c3[nH]2)cc1. The predicted molar refractivity (Wildman–Crippen MR) is 108 cm³/mol. The Kier molecular flexibility index (Phi) is 4.43. The Hall–Kier alpha value is -2.74. The Labute approximate surface area is 168 Å². The number of H-pyrrole nitrogens is 1. The van der Waals surface area contributed by atoms with Gasteiger partial charge in [-0.1, -0.05) is 23.2 Å². The predicted octanol–water partition coefficient (Wildman–Crippen LogP) is 5.94. The Morgan fingerprint density at radius 3 is 2.37 bits per heavy atom. The summed E-state index contributed by atoms with van der Waals surface area (Å²) < 4.78 is 2.13. The third kappa shape index (κ3) is 3.32.